The van der Waals surface area contributed by atoms with Crippen molar-refractivity contribution >= 4 is 27.2 Å². The average molecular weight is 257 g/mol. The van der Waals surface area contributed by atoms with Crippen molar-refractivity contribution in [2.24, 2.45) is 0 Å². The summed E-state index contributed by atoms with van der Waals surface area (Å²) in [5.74, 6) is 0. The molecule has 0 spiro atoms. The van der Waals surface area contributed by atoms with Gasteiger partial charge in [-0.1, -0.05) is 0 Å². The maximum absolute atomic E-state index is 11.9. The number of aromatic nitrogens is 2. The lowest BCUT2D eigenvalue weighted by Crippen LogP contribution is -2.04. The van der Waals surface area contributed by atoms with E-state index in [4.69, 9.17) is 5.73 Å². The second-order valence-corrected chi connectivity index (χ2v) is 5.17. The van der Waals surface area contributed by atoms with Crippen molar-refractivity contribution in [3.8, 4) is 10.6 Å². The molecule has 0 saturated carbocycles. The van der Waals surface area contributed by atoms with Crippen LogP contribution in [0.5, 0.6) is 0 Å². The molecule has 4 nitrogen and oxygen atoms in total. The van der Waals surface area contributed by atoms with Crippen LogP contribution in [-0.4, -0.2) is 9.97 Å². The maximum atomic E-state index is 11.9. The number of anilines is 1. The van der Waals surface area contributed by atoms with E-state index in [-0.39, 0.29) is 5.43 Å². The fourth-order valence-corrected chi connectivity index (χ4v) is 2.83. The zero-order valence-corrected chi connectivity index (χ0v) is 10.5. The summed E-state index contributed by atoms with van der Waals surface area (Å²) in [4.78, 5) is 19.4. The smallest absolute Gasteiger partial charge is 0.192 e. The number of thiazole rings is 1. The first-order chi connectivity index (χ1) is 8.63. The van der Waals surface area contributed by atoms with E-state index < -0.39 is 0 Å². The molecule has 0 atom stereocenters. The highest BCUT2D eigenvalue weighted by Gasteiger charge is 2.09. The third-order valence-electron chi connectivity index (χ3n) is 2.70. The van der Waals surface area contributed by atoms with Crippen molar-refractivity contribution < 1.29 is 0 Å². The van der Waals surface area contributed by atoms with E-state index in [1.165, 1.54) is 11.3 Å². The summed E-state index contributed by atoms with van der Waals surface area (Å²) in [7, 11) is 0. The van der Waals surface area contributed by atoms with Gasteiger partial charge in [0.1, 0.15) is 5.01 Å². The predicted molar refractivity (Wildman–Crippen MR) is 74.8 cm³/mol. The van der Waals surface area contributed by atoms with Crippen LogP contribution in [0.1, 0.15) is 5.69 Å². The topological polar surface area (TPSA) is 71.8 Å². The summed E-state index contributed by atoms with van der Waals surface area (Å²) in [5, 5.41) is 0.719. The van der Waals surface area contributed by atoms with Crippen LogP contribution in [0, 0.1) is 6.92 Å². The summed E-state index contributed by atoms with van der Waals surface area (Å²) in [6, 6.07) is 7.13. The maximum Gasteiger partial charge on any atom is 0.192 e. The molecule has 18 heavy (non-hydrogen) atoms. The molecule has 90 valence electrons. The van der Waals surface area contributed by atoms with Crippen molar-refractivity contribution in [2.75, 3.05) is 5.73 Å². The van der Waals surface area contributed by atoms with E-state index in [0.717, 1.165) is 20.9 Å². The van der Waals surface area contributed by atoms with Crippen LogP contribution in [0.25, 0.3) is 20.8 Å². The van der Waals surface area contributed by atoms with Gasteiger partial charge in [-0.25, -0.2) is 4.98 Å². The Morgan fingerprint density at radius 1 is 1.33 bits per heavy atom. The Balaban J connectivity index is 2.22. The molecule has 5 heteroatoms. The molecule has 0 aliphatic heterocycles. The van der Waals surface area contributed by atoms with Gasteiger partial charge in [-0.05, 0) is 25.1 Å². The van der Waals surface area contributed by atoms with E-state index in [1.54, 1.807) is 12.3 Å². The van der Waals surface area contributed by atoms with Gasteiger partial charge in [-0.2, -0.15) is 0 Å². The quantitative estimate of drug-likeness (QED) is 0.658. The fourth-order valence-electron chi connectivity index (χ4n) is 1.80. The number of aryl methyl sites for hydroxylation is 1. The Bertz CT molecular complexity index is 788. The first-order valence-corrected chi connectivity index (χ1v) is 6.31. The molecule has 2 heterocycles. The number of pyridine rings is 1. The standard InChI is InChI=1S/C13H11N3OS/c1-7-4-11(17)9(6-15-7)13-16-10-3-2-8(14)5-12(10)18-13/h2-6H,14H2,1H3,(H,15,17). The molecular weight excluding hydrogens is 246 g/mol. The van der Waals surface area contributed by atoms with Gasteiger partial charge in [-0.15, -0.1) is 11.3 Å². The molecule has 1 aromatic carbocycles. The van der Waals surface area contributed by atoms with Crippen LogP contribution in [0.4, 0.5) is 5.69 Å². The number of aromatic amines is 1. The van der Waals surface area contributed by atoms with E-state index in [0.29, 0.717) is 11.3 Å². The minimum absolute atomic E-state index is 0.0155. The van der Waals surface area contributed by atoms with Crippen LogP contribution in [0.15, 0.2) is 35.3 Å². The van der Waals surface area contributed by atoms with Gasteiger partial charge >= 0.3 is 0 Å². The van der Waals surface area contributed by atoms with E-state index >= 15 is 0 Å². The minimum atomic E-state index is -0.0155. The Labute approximate surface area is 107 Å². The van der Waals surface area contributed by atoms with Gasteiger partial charge in [0, 0.05) is 23.6 Å². The molecule has 2 aromatic heterocycles. The van der Waals surface area contributed by atoms with Gasteiger partial charge in [0.25, 0.3) is 0 Å². The van der Waals surface area contributed by atoms with Crippen LogP contribution < -0.4 is 11.2 Å². The zero-order chi connectivity index (χ0) is 12.7. The highest BCUT2D eigenvalue weighted by Crippen LogP contribution is 2.29. The van der Waals surface area contributed by atoms with Gasteiger partial charge in [0.15, 0.2) is 5.43 Å². The monoisotopic (exact) mass is 257 g/mol. The van der Waals surface area contributed by atoms with Crippen LogP contribution >= 0.6 is 11.3 Å². The lowest BCUT2D eigenvalue weighted by molar-refractivity contribution is 1.18. The van der Waals surface area contributed by atoms with Crippen molar-refractivity contribution in [1.82, 2.24) is 9.97 Å². The number of benzene rings is 1. The fraction of sp³-hybridized carbons (Fsp3) is 0.0769. The SMILES string of the molecule is Cc1cc(=O)c(-c2nc3ccc(N)cc3s2)c[nH]1. The summed E-state index contributed by atoms with van der Waals surface area (Å²) >= 11 is 1.47. The molecule has 3 rings (SSSR count). The Kier molecular flexibility index (Phi) is 2.41. The van der Waals surface area contributed by atoms with Crippen molar-refractivity contribution in [3.05, 3.63) is 46.4 Å². The van der Waals surface area contributed by atoms with Crippen LogP contribution in [0.3, 0.4) is 0 Å². The molecule has 0 aliphatic carbocycles. The molecule has 0 bridgehead atoms. The van der Waals surface area contributed by atoms with E-state index in [9.17, 15) is 4.79 Å². The largest absolute Gasteiger partial charge is 0.399 e. The summed E-state index contributed by atoms with van der Waals surface area (Å²) in [6.07, 6.45) is 1.71. The predicted octanol–water partition coefficient (Wildman–Crippen LogP) is 2.54. The molecule has 0 fully saturated rings. The summed E-state index contributed by atoms with van der Waals surface area (Å²) in [5.41, 5.74) is 8.73. The number of hydrogen-bond acceptors (Lipinski definition) is 4. The Morgan fingerprint density at radius 3 is 2.94 bits per heavy atom. The van der Waals surface area contributed by atoms with E-state index in [1.807, 2.05) is 25.1 Å². The molecule has 3 aromatic rings. The number of hydrogen-bond donors (Lipinski definition) is 2. The molecule has 0 saturated heterocycles. The lowest BCUT2D eigenvalue weighted by Gasteiger charge is -1.95. The highest BCUT2D eigenvalue weighted by atomic mass is 32.1. The third kappa shape index (κ3) is 1.78. The second kappa shape index (κ2) is 3.96. The van der Waals surface area contributed by atoms with Crippen molar-refractivity contribution in [3.63, 3.8) is 0 Å². The number of rotatable bonds is 1. The number of fused-ring (bicyclic) bond motifs is 1. The first-order valence-electron chi connectivity index (χ1n) is 5.49. The van der Waals surface area contributed by atoms with Gasteiger partial charge < -0.3 is 10.7 Å². The number of nitrogens with zero attached hydrogens (tertiary/aromatic N) is 1. The van der Waals surface area contributed by atoms with E-state index in [2.05, 4.69) is 9.97 Å². The second-order valence-electron chi connectivity index (χ2n) is 4.14. The van der Waals surface area contributed by atoms with Gasteiger partial charge in [0.05, 0.1) is 15.8 Å². The van der Waals surface area contributed by atoms with Crippen LogP contribution in [0.2, 0.25) is 0 Å². The normalized spacial score (nSPS) is 10.9. The first kappa shape index (κ1) is 11.0. The number of nitrogens with one attached hydrogen (secondary N) is 1. The van der Waals surface area contributed by atoms with Crippen molar-refractivity contribution in [1.29, 1.82) is 0 Å². The van der Waals surface area contributed by atoms with Crippen LogP contribution in [-0.2, 0) is 0 Å². The molecular formula is C13H11N3OS. The summed E-state index contributed by atoms with van der Waals surface area (Å²) in [6.45, 7) is 1.85. The molecule has 3 N–H and O–H groups in total. The lowest BCUT2D eigenvalue weighted by atomic mass is 10.2. The average Bonchev–Trinajstić information content (AvgIpc) is 2.71. The summed E-state index contributed by atoms with van der Waals surface area (Å²) < 4.78 is 0.991. The number of nitrogen functional groups attached to an aromatic ring is 1. The van der Waals surface area contributed by atoms with Crippen molar-refractivity contribution in [2.45, 2.75) is 6.92 Å². The Hall–Kier alpha value is -2.14. The van der Waals surface area contributed by atoms with Gasteiger partial charge in [0.2, 0.25) is 0 Å². The number of H-pyrrole nitrogens is 1. The molecule has 0 amide bonds. The highest BCUT2D eigenvalue weighted by molar-refractivity contribution is 7.21. The molecule has 0 radical (unpaired) electrons. The zero-order valence-electron chi connectivity index (χ0n) is 9.73. The third-order valence-corrected chi connectivity index (χ3v) is 3.75. The Morgan fingerprint density at radius 2 is 2.17 bits per heavy atom. The molecule has 0 aliphatic rings. The molecule has 0 unspecified atom stereocenters. The number of nitrogens with two attached hydrogens (primary N) is 1. The van der Waals surface area contributed by atoms with Gasteiger partial charge in [-0.3, -0.25) is 4.79 Å². The minimum Gasteiger partial charge on any atom is -0.399 e.